The van der Waals surface area contributed by atoms with Crippen LogP contribution in [0.25, 0.3) is 11.0 Å². The summed E-state index contributed by atoms with van der Waals surface area (Å²) in [6.45, 7) is 2.26. The zero-order valence-electron chi connectivity index (χ0n) is 13.0. The Balaban J connectivity index is 2.00. The average molecular weight is 273 g/mol. The number of nitrogens with one attached hydrogen (secondary N) is 1. The van der Waals surface area contributed by atoms with Gasteiger partial charge < -0.3 is 9.88 Å². The first kappa shape index (κ1) is 15.0. The van der Waals surface area contributed by atoms with Crippen LogP contribution in [0.2, 0.25) is 0 Å². The van der Waals surface area contributed by atoms with Gasteiger partial charge >= 0.3 is 0 Å². The van der Waals surface area contributed by atoms with Crippen LogP contribution in [0, 0.1) is 0 Å². The Morgan fingerprint density at radius 2 is 2.00 bits per heavy atom. The van der Waals surface area contributed by atoms with Gasteiger partial charge in [0.2, 0.25) is 0 Å². The van der Waals surface area contributed by atoms with E-state index >= 15 is 0 Å². The molecule has 0 aliphatic rings. The molecule has 0 spiro atoms. The molecule has 0 bridgehead atoms. The van der Waals surface area contributed by atoms with E-state index in [2.05, 4.69) is 55.2 Å². The van der Waals surface area contributed by atoms with Gasteiger partial charge in [0.25, 0.3) is 0 Å². The van der Waals surface area contributed by atoms with Crippen LogP contribution in [0.1, 0.15) is 44.9 Å². The van der Waals surface area contributed by atoms with Crippen LogP contribution in [0.5, 0.6) is 0 Å². The maximum atomic E-state index is 4.77. The number of hydrogen-bond donors (Lipinski definition) is 1. The third-order valence-electron chi connectivity index (χ3n) is 4.12. The van der Waals surface area contributed by atoms with E-state index in [4.69, 9.17) is 4.98 Å². The highest BCUT2D eigenvalue weighted by Crippen LogP contribution is 2.16. The second-order valence-corrected chi connectivity index (χ2v) is 5.61. The lowest BCUT2D eigenvalue weighted by Crippen LogP contribution is -2.28. The topological polar surface area (TPSA) is 29.9 Å². The molecule has 1 unspecified atom stereocenters. The van der Waals surface area contributed by atoms with E-state index in [1.54, 1.807) is 0 Å². The number of unbranched alkanes of at least 4 members (excludes halogenated alkanes) is 3. The summed E-state index contributed by atoms with van der Waals surface area (Å²) in [7, 11) is 4.18. The second kappa shape index (κ2) is 7.44. The fourth-order valence-electron chi connectivity index (χ4n) is 2.76. The van der Waals surface area contributed by atoms with Crippen LogP contribution >= 0.6 is 0 Å². The zero-order valence-corrected chi connectivity index (χ0v) is 13.0. The van der Waals surface area contributed by atoms with Gasteiger partial charge in [0.1, 0.15) is 5.82 Å². The molecule has 20 heavy (non-hydrogen) atoms. The molecule has 1 aromatic heterocycles. The first-order valence-corrected chi connectivity index (χ1v) is 7.83. The number of fused-ring (bicyclic) bond motifs is 1. The SMILES string of the molecule is CCCCCCC(Cc1nc2ccccc2n1C)NC. The molecular weight excluding hydrogens is 246 g/mol. The van der Waals surface area contributed by atoms with E-state index in [1.165, 1.54) is 43.4 Å². The van der Waals surface area contributed by atoms with Crippen molar-refractivity contribution in [2.45, 2.75) is 51.5 Å². The fourth-order valence-corrected chi connectivity index (χ4v) is 2.76. The summed E-state index contributed by atoms with van der Waals surface area (Å²) in [4.78, 5) is 4.77. The second-order valence-electron chi connectivity index (χ2n) is 5.61. The molecule has 0 fully saturated rings. The van der Waals surface area contributed by atoms with Crippen LogP contribution in [-0.4, -0.2) is 22.6 Å². The van der Waals surface area contributed by atoms with E-state index in [1.807, 2.05) is 0 Å². The monoisotopic (exact) mass is 273 g/mol. The number of para-hydroxylation sites is 2. The highest BCUT2D eigenvalue weighted by molar-refractivity contribution is 5.75. The van der Waals surface area contributed by atoms with E-state index in [0.717, 1.165) is 11.9 Å². The molecule has 3 nitrogen and oxygen atoms in total. The van der Waals surface area contributed by atoms with Gasteiger partial charge in [-0.05, 0) is 25.6 Å². The molecule has 3 heteroatoms. The summed E-state index contributed by atoms with van der Waals surface area (Å²) in [6, 6.07) is 8.89. The van der Waals surface area contributed by atoms with Gasteiger partial charge in [0.05, 0.1) is 11.0 Å². The van der Waals surface area contributed by atoms with E-state index in [0.29, 0.717) is 6.04 Å². The maximum Gasteiger partial charge on any atom is 0.111 e. The van der Waals surface area contributed by atoms with Crippen molar-refractivity contribution in [3.8, 4) is 0 Å². The summed E-state index contributed by atoms with van der Waals surface area (Å²) in [6.07, 6.45) is 7.55. The molecular formula is C17H27N3. The number of imidazole rings is 1. The summed E-state index contributed by atoms with van der Waals surface area (Å²) in [5.74, 6) is 1.18. The van der Waals surface area contributed by atoms with Crippen LogP contribution < -0.4 is 5.32 Å². The molecule has 2 rings (SSSR count). The Kier molecular flexibility index (Phi) is 5.60. The predicted octanol–water partition coefficient (Wildman–Crippen LogP) is 3.67. The first-order valence-electron chi connectivity index (χ1n) is 7.83. The van der Waals surface area contributed by atoms with E-state index < -0.39 is 0 Å². The Hall–Kier alpha value is -1.35. The Morgan fingerprint density at radius 1 is 1.20 bits per heavy atom. The lowest BCUT2D eigenvalue weighted by atomic mass is 10.0. The fraction of sp³-hybridized carbons (Fsp3) is 0.588. The van der Waals surface area contributed by atoms with Crippen molar-refractivity contribution < 1.29 is 0 Å². The summed E-state index contributed by atoms with van der Waals surface area (Å²) in [5, 5.41) is 3.45. The Bertz CT molecular complexity index is 530. The number of benzene rings is 1. The normalized spacial score (nSPS) is 12.9. The number of aryl methyl sites for hydroxylation is 1. The van der Waals surface area contributed by atoms with Gasteiger partial charge in [0.15, 0.2) is 0 Å². The molecule has 0 aliphatic heterocycles. The van der Waals surface area contributed by atoms with Gasteiger partial charge in [-0.2, -0.15) is 0 Å². The minimum Gasteiger partial charge on any atom is -0.331 e. The van der Waals surface area contributed by atoms with Gasteiger partial charge in [0, 0.05) is 19.5 Å². The zero-order chi connectivity index (χ0) is 14.4. The molecule has 0 saturated carbocycles. The van der Waals surface area contributed by atoms with Crippen LogP contribution in [0.15, 0.2) is 24.3 Å². The van der Waals surface area contributed by atoms with Crippen molar-refractivity contribution in [3.63, 3.8) is 0 Å². The standard InChI is InChI=1S/C17H27N3/c1-4-5-6-7-10-14(18-2)13-17-19-15-11-8-9-12-16(15)20(17)3/h8-9,11-12,14,18H,4-7,10,13H2,1-3H3. The maximum absolute atomic E-state index is 4.77. The molecule has 1 atom stereocenters. The Morgan fingerprint density at radius 3 is 2.70 bits per heavy atom. The van der Waals surface area contributed by atoms with Crippen molar-refractivity contribution in [2.24, 2.45) is 7.05 Å². The van der Waals surface area contributed by atoms with Crippen molar-refractivity contribution in [1.82, 2.24) is 14.9 Å². The molecule has 0 aliphatic carbocycles. The molecule has 0 radical (unpaired) electrons. The number of rotatable bonds is 8. The lowest BCUT2D eigenvalue weighted by Gasteiger charge is -2.15. The lowest BCUT2D eigenvalue weighted by molar-refractivity contribution is 0.473. The minimum atomic E-state index is 0.530. The third kappa shape index (κ3) is 3.60. The molecule has 2 aromatic rings. The van der Waals surface area contributed by atoms with Crippen LogP contribution in [-0.2, 0) is 13.5 Å². The van der Waals surface area contributed by atoms with Gasteiger partial charge in [-0.25, -0.2) is 4.98 Å². The minimum absolute atomic E-state index is 0.530. The summed E-state index contributed by atoms with van der Waals surface area (Å²) < 4.78 is 2.23. The van der Waals surface area contributed by atoms with Gasteiger partial charge in [-0.15, -0.1) is 0 Å². The highest BCUT2D eigenvalue weighted by Gasteiger charge is 2.12. The average Bonchev–Trinajstić information content (AvgIpc) is 2.79. The quantitative estimate of drug-likeness (QED) is 0.744. The van der Waals surface area contributed by atoms with Crippen molar-refractivity contribution >= 4 is 11.0 Å². The third-order valence-corrected chi connectivity index (χ3v) is 4.12. The smallest absolute Gasteiger partial charge is 0.111 e. The van der Waals surface area contributed by atoms with Crippen LogP contribution in [0.4, 0.5) is 0 Å². The predicted molar refractivity (Wildman–Crippen MR) is 86.0 cm³/mol. The molecule has 0 saturated heterocycles. The molecule has 1 N–H and O–H groups in total. The molecule has 110 valence electrons. The first-order chi connectivity index (χ1) is 9.76. The van der Waals surface area contributed by atoms with Crippen LogP contribution in [0.3, 0.4) is 0 Å². The van der Waals surface area contributed by atoms with E-state index in [9.17, 15) is 0 Å². The number of nitrogens with zero attached hydrogens (tertiary/aromatic N) is 2. The highest BCUT2D eigenvalue weighted by atomic mass is 15.1. The van der Waals surface area contributed by atoms with E-state index in [-0.39, 0.29) is 0 Å². The molecule has 1 aromatic carbocycles. The number of aromatic nitrogens is 2. The Labute approximate surface area is 122 Å². The molecule has 1 heterocycles. The van der Waals surface area contributed by atoms with Crippen molar-refractivity contribution in [3.05, 3.63) is 30.1 Å². The molecule has 0 amide bonds. The largest absolute Gasteiger partial charge is 0.331 e. The van der Waals surface area contributed by atoms with Gasteiger partial charge in [-0.3, -0.25) is 0 Å². The summed E-state index contributed by atoms with van der Waals surface area (Å²) >= 11 is 0. The van der Waals surface area contributed by atoms with Crippen molar-refractivity contribution in [1.29, 1.82) is 0 Å². The summed E-state index contributed by atoms with van der Waals surface area (Å²) in [5.41, 5.74) is 2.33. The van der Waals surface area contributed by atoms with Gasteiger partial charge in [-0.1, -0.05) is 44.7 Å². The number of hydrogen-bond acceptors (Lipinski definition) is 2. The van der Waals surface area contributed by atoms with Crippen molar-refractivity contribution in [2.75, 3.05) is 7.05 Å². The number of likely N-dealkylation sites (N-methyl/N-ethyl adjacent to an activating group) is 1.